The van der Waals surface area contributed by atoms with Crippen molar-refractivity contribution in [3.05, 3.63) is 35.9 Å². The predicted molar refractivity (Wildman–Crippen MR) is 56.4 cm³/mol. The van der Waals surface area contributed by atoms with Crippen molar-refractivity contribution in [2.75, 3.05) is 0 Å². The van der Waals surface area contributed by atoms with Gasteiger partial charge in [0.05, 0.1) is 0 Å². The maximum Gasteiger partial charge on any atom is 0.503 e. The van der Waals surface area contributed by atoms with Gasteiger partial charge in [0.25, 0.3) is 0 Å². The van der Waals surface area contributed by atoms with Crippen LogP contribution in [0.25, 0.3) is 0 Å². The highest BCUT2D eigenvalue weighted by Crippen LogP contribution is 2.11. The van der Waals surface area contributed by atoms with E-state index in [1.807, 2.05) is 6.07 Å². The molecule has 0 fully saturated rings. The lowest BCUT2D eigenvalue weighted by molar-refractivity contribution is -0.176. The molecule has 0 spiro atoms. The minimum Gasteiger partial charge on any atom is -0.450 e. The summed E-state index contributed by atoms with van der Waals surface area (Å²) in [6.45, 7) is 4.41. The van der Waals surface area contributed by atoms with Crippen LogP contribution < -0.4 is 0 Å². The molecule has 5 nitrogen and oxygen atoms in total. The largest absolute Gasteiger partial charge is 0.503 e. The highest BCUT2D eigenvalue weighted by atomic mass is 17.0. The monoisotopic (exact) mass is 216 g/mol. The summed E-state index contributed by atoms with van der Waals surface area (Å²) in [6.07, 6.45) is -1.83. The van der Waals surface area contributed by atoms with Gasteiger partial charge in [-0.05, 0) is 11.5 Å². The molecule has 15 heavy (non-hydrogen) atoms. The van der Waals surface area contributed by atoms with Crippen LogP contribution in [0.4, 0.5) is 4.79 Å². The third-order valence-electron chi connectivity index (χ3n) is 1.47. The molecule has 0 bridgehead atoms. The molecule has 0 heterocycles. The van der Waals surface area contributed by atoms with Crippen LogP contribution in [0.1, 0.15) is 25.3 Å². The molecule has 0 aliphatic rings. The van der Waals surface area contributed by atoms with E-state index in [1.165, 1.54) is 5.56 Å². The normalized spacial score (nSPS) is 8.07. The first-order valence-electron chi connectivity index (χ1n) is 4.21. The first-order valence-corrected chi connectivity index (χ1v) is 4.21. The molecule has 0 aromatic heterocycles. The van der Waals surface area contributed by atoms with E-state index in [4.69, 9.17) is 25.5 Å². The molecule has 0 saturated carbocycles. The third kappa shape index (κ3) is 12.4. The van der Waals surface area contributed by atoms with Gasteiger partial charge in [-0.2, -0.15) is 0 Å². The van der Waals surface area contributed by atoms with E-state index in [0.717, 1.165) is 0 Å². The Balaban J connectivity index is 0. The first-order chi connectivity index (χ1) is 7.04. The van der Waals surface area contributed by atoms with E-state index in [9.17, 15) is 0 Å². The fraction of sp³-hybridized carbons (Fsp3) is 0.300. The SMILES string of the molecule is CC(C)c1ccccc1.O=C(O)O.OO. The molecule has 0 amide bonds. The van der Waals surface area contributed by atoms with Gasteiger partial charge in [-0.25, -0.2) is 4.79 Å². The zero-order chi connectivity index (χ0) is 12.3. The van der Waals surface area contributed by atoms with Gasteiger partial charge < -0.3 is 10.2 Å². The minimum absolute atomic E-state index is 0.659. The molecule has 0 aliphatic heterocycles. The van der Waals surface area contributed by atoms with Crippen molar-refractivity contribution in [1.29, 1.82) is 0 Å². The second-order valence-electron chi connectivity index (χ2n) is 2.85. The van der Waals surface area contributed by atoms with Crippen molar-refractivity contribution in [2.45, 2.75) is 19.8 Å². The Hall–Kier alpha value is -1.59. The van der Waals surface area contributed by atoms with Crippen LogP contribution in [0, 0.1) is 0 Å². The van der Waals surface area contributed by atoms with Crippen LogP contribution in [-0.4, -0.2) is 26.9 Å². The topological polar surface area (TPSA) is 98.0 Å². The minimum atomic E-state index is -1.83. The Kier molecular flexibility index (Phi) is 11.1. The summed E-state index contributed by atoms with van der Waals surface area (Å²) in [5.41, 5.74) is 1.41. The van der Waals surface area contributed by atoms with Gasteiger partial charge >= 0.3 is 6.16 Å². The smallest absolute Gasteiger partial charge is 0.450 e. The molecule has 0 unspecified atom stereocenters. The van der Waals surface area contributed by atoms with Gasteiger partial charge in [0, 0.05) is 0 Å². The van der Waals surface area contributed by atoms with E-state index in [2.05, 4.69) is 38.1 Å². The average Bonchev–Trinajstić information content (AvgIpc) is 2.21. The Morgan fingerprint density at radius 2 is 1.40 bits per heavy atom. The third-order valence-corrected chi connectivity index (χ3v) is 1.47. The summed E-state index contributed by atoms with van der Waals surface area (Å²) >= 11 is 0. The zero-order valence-electron chi connectivity index (χ0n) is 8.66. The van der Waals surface area contributed by atoms with Crippen LogP contribution in [0.2, 0.25) is 0 Å². The number of carbonyl (C=O) groups is 1. The molecule has 4 N–H and O–H groups in total. The number of hydrogen-bond acceptors (Lipinski definition) is 3. The Morgan fingerprint density at radius 1 is 1.07 bits per heavy atom. The van der Waals surface area contributed by atoms with E-state index < -0.39 is 6.16 Å². The predicted octanol–water partition coefficient (Wildman–Crippen LogP) is 3.05. The molecule has 0 atom stereocenters. The molecule has 0 radical (unpaired) electrons. The quantitative estimate of drug-likeness (QED) is 0.427. The van der Waals surface area contributed by atoms with Crippen LogP contribution in [0.3, 0.4) is 0 Å². The summed E-state index contributed by atoms with van der Waals surface area (Å²) in [6, 6.07) is 10.5. The van der Waals surface area contributed by atoms with E-state index >= 15 is 0 Å². The molecule has 0 aliphatic carbocycles. The van der Waals surface area contributed by atoms with Crippen LogP contribution in [0.5, 0.6) is 0 Å². The second-order valence-corrected chi connectivity index (χ2v) is 2.85. The standard InChI is InChI=1S/C9H12.CH2O3.H2O2/c1-8(2)9-6-4-3-5-7-9;2-1(3)4;1-2/h3-8H,1-2H3;(H2,2,3,4);1-2H. The molecule has 86 valence electrons. The first kappa shape index (κ1) is 15.9. The highest BCUT2D eigenvalue weighted by Gasteiger charge is 1.93. The molecule has 1 rings (SSSR count). The summed E-state index contributed by atoms with van der Waals surface area (Å²) in [7, 11) is 0. The fourth-order valence-electron chi connectivity index (χ4n) is 0.838. The Labute approximate surface area is 88.2 Å². The van der Waals surface area contributed by atoms with E-state index in [1.54, 1.807) is 0 Å². The lowest BCUT2D eigenvalue weighted by Crippen LogP contribution is -1.83. The van der Waals surface area contributed by atoms with Gasteiger partial charge in [-0.3, -0.25) is 10.5 Å². The summed E-state index contributed by atoms with van der Waals surface area (Å²) in [5, 5.41) is 25.9. The molecule has 1 aromatic carbocycles. The van der Waals surface area contributed by atoms with Crippen molar-refractivity contribution in [1.82, 2.24) is 0 Å². The molecule has 0 saturated heterocycles. The lowest BCUT2D eigenvalue weighted by atomic mass is 10.0. The van der Waals surface area contributed by atoms with Gasteiger partial charge in [0.2, 0.25) is 0 Å². The molecular formula is C10H16O5. The van der Waals surface area contributed by atoms with Crippen molar-refractivity contribution in [3.63, 3.8) is 0 Å². The van der Waals surface area contributed by atoms with Crippen molar-refractivity contribution < 1.29 is 25.5 Å². The Morgan fingerprint density at radius 3 is 1.60 bits per heavy atom. The van der Waals surface area contributed by atoms with E-state index in [0.29, 0.717) is 5.92 Å². The molecule has 5 heteroatoms. The Bertz CT molecular complexity index is 241. The summed E-state index contributed by atoms with van der Waals surface area (Å²) in [5.74, 6) is 0.659. The van der Waals surface area contributed by atoms with Crippen LogP contribution in [0.15, 0.2) is 30.3 Å². The van der Waals surface area contributed by atoms with E-state index in [-0.39, 0.29) is 0 Å². The van der Waals surface area contributed by atoms with Gasteiger partial charge in [-0.15, -0.1) is 0 Å². The maximum absolute atomic E-state index is 8.56. The maximum atomic E-state index is 8.56. The summed E-state index contributed by atoms with van der Waals surface area (Å²) < 4.78 is 0. The van der Waals surface area contributed by atoms with Crippen molar-refractivity contribution in [2.24, 2.45) is 0 Å². The molecule has 1 aromatic rings. The van der Waals surface area contributed by atoms with Crippen molar-refractivity contribution >= 4 is 6.16 Å². The van der Waals surface area contributed by atoms with Gasteiger partial charge in [0.1, 0.15) is 0 Å². The van der Waals surface area contributed by atoms with Gasteiger partial charge in [0.15, 0.2) is 0 Å². The number of carboxylic acid groups (broad SMARTS) is 2. The van der Waals surface area contributed by atoms with Gasteiger partial charge in [-0.1, -0.05) is 44.2 Å². The number of rotatable bonds is 1. The average molecular weight is 216 g/mol. The summed E-state index contributed by atoms with van der Waals surface area (Å²) in [4.78, 5) is 8.56. The van der Waals surface area contributed by atoms with Crippen molar-refractivity contribution in [3.8, 4) is 0 Å². The number of hydrogen-bond donors (Lipinski definition) is 4. The van der Waals surface area contributed by atoms with Crippen LogP contribution >= 0.6 is 0 Å². The fourth-order valence-corrected chi connectivity index (χ4v) is 0.838. The lowest BCUT2D eigenvalue weighted by Gasteiger charge is -2.01. The van der Waals surface area contributed by atoms with Crippen LogP contribution in [-0.2, 0) is 0 Å². The number of benzene rings is 1. The zero-order valence-corrected chi connectivity index (χ0v) is 8.66. The highest BCUT2D eigenvalue weighted by molar-refractivity contribution is 5.53. The molecular weight excluding hydrogens is 200 g/mol. The second kappa shape index (κ2) is 10.5.